The van der Waals surface area contributed by atoms with E-state index < -0.39 is 45.7 Å². The van der Waals surface area contributed by atoms with E-state index in [2.05, 4.69) is 4.74 Å². The molecule has 0 radical (unpaired) electrons. The highest BCUT2D eigenvalue weighted by molar-refractivity contribution is 6.27. The van der Waals surface area contributed by atoms with Gasteiger partial charge in [0.15, 0.2) is 11.5 Å². The van der Waals surface area contributed by atoms with Crippen LogP contribution in [0.5, 0.6) is 17.2 Å². The maximum absolute atomic E-state index is 12.0. The number of phenolic OH excluding ortho intramolecular Hbond substituents is 2. The standard InChI is InChI=1S/C12H10O7/c1-18-5-3-4(13)6-7(8(5)14)10(16)12(19-2)11(17)9(6)15/h3,13-14,17H,1-2H3. The van der Waals surface area contributed by atoms with Crippen LogP contribution in [0.25, 0.3) is 0 Å². The van der Waals surface area contributed by atoms with Crippen LogP contribution in [0.3, 0.4) is 0 Å². The smallest absolute Gasteiger partial charge is 0.236 e. The van der Waals surface area contributed by atoms with E-state index in [0.717, 1.165) is 13.2 Å². The van der Waals surface area contributed by atoms with Crippen LogP contribution in [0.15, 0.2) is 17.6 Å². The van der Waals surface area contributed by atoms with E-state index in [4.69, 9.17) is 4.74 Å². The highest BCUT2D eigenvalue weighted by Gasteiger charge is 2.39. The Morgan fingerprint density at radius 3 is 2.11 bits per heavy atom. The number of aliphatic hydroxyl groups is 1. The van der Waals surface area contributed by atoms with Crippen molar-refractivity contribution in [1.82, 2.24) is 0 Å². The van der Waals surface area contributed by atoms with Gasteiger partial charge in [0.2, 0.25) is 23.1 Å². The van der Waals surface area contributed by atoms with Crippen LogP contribution < -0.4 is 4.74 Å². The molecule has 0 unspecified atom stereocenters. The molecule has 19 heavy (non-hydrogen) atoms. The summed E-state index contributed by atoms with van der Waals surface area (Å²) in [5, 5.41) is 29.2. The van der Waals surface area contributed by atoms with Crippen LogP contribution in [-0.2, 0) is 4.74 Å². The number of aromatic hydroxyl groups is 2. The third-order valence-corrected chi connectivity index (χ3v) is 2.76. The minimum atomic E-state index is -1.01. The van der Waals surface area contributed by atoms with Crippen LogP contribution in [0.1, 0.15) is 20.7 Å². The van der Waals surface area contributed by atoms with Gasteiger partial charge in [-0.05, 0) is 0 Å². The number of phenols is 2. The van der Waals surface area contributed by atoms with Gasteiger partial charge in [0.05, 0.1) is 25.3 Å². The molecule has 0 amide bonds. The van der Waals surface area contributed by atoms with Crippen molar-refractivity contribution in [2.45, 2.75) is 0 Å². The van der Waals surface area contributed by atoms with Crippen molar-refractivity contribution in [2.24, 2.45) is 0 Å². The summed E-state index contributed by atoms with van der Waals surface area (Å²) in [4.78, 5) is 23.9. The van der Waals surface area contributed by atoms with E-state index in [9.17, 15) is 24.9 Å². The predicted octanol–water partition coefficient (Wildman–Crippen LogP) is 0.901. The third kappa shape index (κ3) is 1.59. The quantitative estimate of drug-likeness (QED) is 0.681. The first kappa shape index (κ1) is 12.7. The number of carbonyl (C=O) groups is 2. The summed E-state index contributed by atoms with van der Waals surface area (Å²) in [6.45, 7) is 0. The van der Waals surface area contributed by atoms with Gasteiger partial charge in [0, 0.05) is 6.07 Å². The molecule has 7 nitrogen and oxygen atoms in total. The first-order valence-electron chi connectivity index (χ1n) is 5.13. The molecule has 100 valence electrons. The second-order valence-corrected chi connectivity index (χ2v) is 3.74. The van der Waals surface area contributed by atoms with Crippen LogP contribution in [0.2, 0.25) is 0 Å². The second kappa shape index (κ2) is 4.20. The lowest BCUT2D eigenvalue weighted by molar-refractivity contribution is 0.0849. The minimum Gasteiger partial charge on any atom is -0.507 e. The fraction of sp³-hybridized carbons (Fsp3) is 0.167. The number of carbonyl (C=O) groups excluding carboxylic acids is 2. The fourth-order valence-electron chi connectivity index (χ4n) is 1.87. The fourth-order valence-corrected chi connectivity index (χ4v) is 1.87. The number of ketones is 2. The van der Waals surface area contributed by atoms with Crippen molar-refractivity contribution >= 4 is 11.6 Å². The number of allylic oxidation sites excluding steroid dienone is 2. The van der Waals surface area contributed by atoms with Crippen molar-refractivity contribution in [3.8, 4) is 17.2 Å². The molecule has 1 aliphatic carbocycles. The number of benzene rings is 1. The minimum absolute atomic E-state index is 0.172. The van der Waals surface area contributed by atoms with Crippen LogP contribution in [-0.4, -0.2) is 41.1 Å². The molecule has 0 fully saturated rings. The average molecular weight is 266 g/mol. The van der Waals surface area contributed by atoms with Gasteiger partial charge in [0.25, 0.3) is 0 Å². The maximum atomic E-state index is 12.0. The van der Waals surface area contributed by atoms with Crippen molar-refractivity contribution < 1.29 is 34.4 Å². The summed E-state index contributed by atoms with van der Waals surface area (Å²) < 4.78 is 9.42. The Labute approximate surface area is 107 Å². The third-order valence-electron chi connectivity index (χ3n) is 2.76. The zero-order valence-electron chi connectivity index (χ0n) is 10.1. The molecule has 0 aliphatic heterocycles. The van der Waals surface area contributed by atoms with Gasteiger partial charge in [-0.15, -0.1) is 0 Å². The van der Waals surface area contributed by atoms with E-state index >= 15 is 0 Å². The molecule has 2 rings (SSSR count). The monoisotopic (exact) mass is 266 g/mol. The molecule has 0 bridgehead atoms. The zero-order chi connectivity index (χ0) is 14.3. The molecule has 7 heteroatoms. The number of hydrogen-bond donors (Lipinski definition) is 3. The summed E-state index contributed by atoms with van der Waals surface area (Å²) in [5.74, 6) is -4.79. The molecule has 0 saturated carbocycles. The van der Waals surface area contributed by atoms with Gasteiger partial charge in [0.1, 0.15) is 5.75 Å². The summed E-state index contributed by atoms with van der Waals surface area (Å²) in [6, 6.07) is 0.977. The summed E-state index contributed by atoms with van der Waals surface area (Å²) in [7, 11) is 2.32. The SMILES string of the molecule is COC1=C(O)C(=O)c2c(O)cc(OC)c(O)c2C1=O. The zero-order valence-corrected chi connectivity index (χ0v) is 10.1. The predicted molar refractivity (Wildman–Crippen MR) is 61.6 cm³/mol. The molecule has 0 aromatic heterocycles. The van der Waals surface area contributed by atoms with Crippen molar-refractivity contribution in [1.29, 1.82) is 0 Å². The molecular weight excluding hydrogens is 256 g/mol. The first-order chi connectivity index (χ1) is 8.93. The van der Waals surface area contributed by atoms with E-state index in [0.29, 0.717) is 0 Å². The van der Waals surface area contributed by atoms with Crippen LogP contribution in [0.4, 0.5) is 0 Å². The Morgan fingerprint density at radius 1 is 0.947 bits per heavy atom. The summed E-state index contributed by atoms with van der Waals surface area (Å²) >= 11 is 0. The first-order valence-corrected chi connectivity index (χ1v) is 5.13. The van der Waals surface area contributed by atoms with Crippen LogP contribution in [0, 0.1) is 0 Å². The van der Waals surface area contributed by atoms with Crippen molar-refractivity contribution in [3.63, 3.8) is 0 Å². The highest BCUT2D eigenvalue weighted by Crippen LogP contribution is 2.42. The number of hydrogen-bond acceptors (Lipinski definition) is 7. The molecule has 0 atom stereocenters. The molecular formula is C12H10O7. The topological polar surface area (TPSA) is 113 Å². The van der Waals surface area contributed by atoms with E-state index in [1.54, 1.807) is 0 Å². The Balaban J connectivity index is 2.83. The number of fused-ring (bicyclic) bond motifs is 1. The Hall–Kier alpha value is -2.70. The molecule has 1 aromatic carbocycles. The Kier molecular flexibility index (Phi) is 2.82. The Morgan fingerprint density at radius 2 is 1.58 bits per heavy atom. The van der Waals surface area contributed by atoms with E-state index in [1.165, 1.54) is 7.11 Å². The van der Waals surface area contributed by atoms with Gasteiger partial charge in [-0.3, -0.25) is 9.59 Å². The van der Waals surface area contributed by atoms with Gasteiger partial charge >= 0.3 is 0 Å². The van der Waals surface area contributed by atoms with Crippen LogP contribution >= 0.6 is 0 Å². The van der Waals surface area contributed by atoms with E-state index in [1.807, 2.05) is 0 Å². The van der Waals surface area contributed by atoms with Gasteiger partial charge in [-0.1, -0.05) is 0 Å². The normalized spacial score (nSPS) is 14.4. The van der Waals surface area contributed by atoms with Crippen molar-refractivity contribution in [3.05, 3.63) is 28.7 Å². The lowest BCUT2D eigenvalue weighted by Crippen LogP contribution is -2.23. The molecule has 0 saturated heterocycles. The Bertz CT molecular complexity index is 627. The molecule has 3 N–H and O–H groups in total. The second-order valence-electron chi connectivity index (χ2n) is 3.74. The number of ether oxygens (including phenoxy) is 2. The lowest BCUT2D eigenvalue weighted by Gasteiger charge is -2.19. The average Bonchev–Trinajstić information content (AvgIpc) is 2.38. The summed E-state index contributed by atoms with van der Waals surface area (Å²) in [5.41, 5.74) is -0.946. The number of Topliss-reactive ketones (excluding diaryl/α,β-unsaturated/α-hetero) is 2. The lowest BCUT2D eigenvalue weighted by atomic mass is 9.90. The van der Waals surface area contributed by atoms with E-state index in [-0.39, 0.29) is 5.75 Å². The van der Waals surface area contributed by atoms with Gasteiger partial charge in [-0.25, -0.2) is 0 Å². The molecule has 0 heterocycles. The summed E-state index contributed by atoms with van der Waals surface area (Å²) in [6.07, 6.45) is 0. The molecule has 0 spiro atoms. The largest absolute Gasteiger partial charge is 0.507 e. The number of aliphatic hydroxyl groups excluding tert-OH is 1. The number of rotatable bonds is 2. The molecule has 1 aliphatic rings. The van der Waals surface area contributed by atoms with Gasteiger partial charge < -0.3 is 24.8 Å². The highest BCUT2D eigenvalue weighted by atomic mass is 16.5. The van der Waals surface area contributed by atoms with Crippen molar-refractivity contribution in [2.75, 3.05) is 14.2 Å². The maximum Gasteiger partial charge on any atom is 0.236 e. The molecule has 1 aromatic rings. The number of methoxy groups -OCH3 is 2. The van der Waals surface area contributed by atoms with Gasteiger partial charge in [-0.2, -0.15) is 0 Å².